The van der Waals surface area contributed by atoms with Gasteiger partial charge in [-0.05, 0) is 23.9 Å². The highest BCUT2D eigenvalue weighted by molar-refractivity contribution is 7.10. The van der Waals surface area contributed by atoms with Gasteiger partial charge in [0.2, 0.25) is 0 Å². The highest BCUT2D eigenvalue weighted by atomic mass is 32.1. The lowest BCUT2D eigenvalue weighted by molar-refractivity contribution is -0.0694. The Hall–Kier alpha value is -1.26. The van der Waals surface area contributed by atoms with Gasteiger partial charge in [-0.25, -0.2) is 8.78 Å². The molecule has 90 valence electrons. The Balaban J connectivity index is 2.52. The van der Waals surface area contributed by atoms with Crippen molar-refractivity contribution in [2.45, 2.75) is 19.0 Å². The average Bonchev–Trinajstić information content (AvgIpc) is 2.82. The van der Waals surface area contributed by atoms with Gasteiger partial charge in [0, 0.05) is 4.88 Å². The Kier molecular flexibility index (Phi) is 3.26. The molecule has 2 aromatic rings. The largest absolute Gasteiger partial charge is 0.374 e. The normalized spacial score (nSPS) is 14.9. The van der Waals surface area contributed by atoms with Crippen molar-refractivity contribution in [3.05, 3.63) is 57.8 Å². The van der Waals surface area contributed by atoms with Crippen LogP contribution >= 0.6 is 11.3 Å². The van der Waals surface area contributed by atoms with E-state index in [9.17, 15) is 13.9 Å². The van der Waals surface area contributed by atoms with Crippen LogP contribution in [-0.4, -0.2) is 11.5 Å². The lowest BCUT2D eigenvalue weighted by atomic mass is 9.92. The summed E-state index contributed by atoms with van der Waals surface area (Å²) in [7, 11) is 0. The topological polar surface area (TPSA) is 20.2 Å². The van der Waals surface area contributed by atoms with Crippen molar-refractivity contribution in [3.8, 4) is 0 Å². The summed E-state index contributed by atoms with van der Waals surface area (Å²) in [6.45, 7) is 1.87. The summed E-state index contributed by atoms with van der Waals surface area (Å²) in [6.07, 6.45) is -2.86. The minimum Gasteiger partial charge on any atom is -0.374 e. The smallest absolute Gasteiger partial charge is 0.275 e. The molecular weight excluding hydrogens is 242 g/mol. The van der Waals surface area contributed by atoms with Gasteiger partial charge in [0.1, 0.15) is 0 Å². The first-order valence-electron chi connectivity index (χ1n) is 5.17. The van der Waals surface area contributed by atoms with E-state index in [0.717, 1.165) is 16.9 Å². The van der Waals surface area contributed by atoms with Gasteiger partial charge >= 0.3 is 0 Å². The van der Waals surface area contributed by atoms with Crippen molar-refractivity contribution in [3.63, 3.8) is 0 Å². The third kappa shape index (κ3) is 2.10. The number of thiophene rings is 1. The molecule has 2 rings (SSSR count). The molecule has 0 spiro atoms. The standard InChI is InChI=1S/C13H12F2OS/c1-9-4-6-10(7-5-9)13(16,12(14)15)11-3-2-8-17-11/h2-8,12,16H,1H3. The van der Waals surface area contributed by atoms with Gasteiger partial charge in [-0.15, -0.1) is 11.3 Å². The highest BCUT2D eigenvalue weighted by Crippen LogP contribution is 2.38. The Morgan fingerprint density at radius 1 is 1.18 bits per heavy atom. The SMILES string of the molecule is Cc1ccc(C(O)(c2cccs2)C(F)F)cc1. The van der Waals surface area contributed by atoms with E-state index in [4.69, 9.17) is 0 Å². The second-order valence-electron chi connectivity index (χ2n) is 3.91. The molecule has 1 unspecified atom stereocenters. The van der Waals surface area contributed by atoms with Crippen LogP contribution in [0.25, 0.3) is 0 Å². The number of hydrogen-bond acceptors (Lipinski definition) is 2. The zero-order valence-electron chi connectivity index (χ0n) is 9.23. The Morgan fingerprint density at radius 2 is 1.82 bits per heavy atom. The average molecular weight is 254 g/mol. The van der Waals surface area contributed by atoms with Crippen molar-refractivity contribution < 1.29 is 13.9 Å². The molecule has 17 heavy (non-hydrogen) atoms. The van der Waals surface area contributed by atoms with Crippen LogP contribution in [0, 0.1) is 6.92 Å². The molecule has 1 aromatic heterocycles. The summed E-state index contributed by atoms with van der Waals surface area (Å²) in [4.78, 5) is 0.261. The van der Waals surface area contributed by atoms with Gasteiger partial charge < -0.3 is 5.11 Å². The lowest BCUT2D eigenvalue weighted by Gasteiger charge is -2.26. The van der Waals surface area contributed by atoms with Crippen LogP contribution in [0.4, 0.5) is 8.78 Å². The fraction of sp³-hybridized carbons (Fsp3) is 0.231. The zero-order valence-corrected chi connectivity index (χ0v) is 10.0. The molecule has 1 aromatic carbocycles. The molecule has 1 heterocycles. The summed E-state index contributed by atoms with van der Waals surface area (Å²) >= 11 is 1.13. The second kappa shape index (κ2) is 4.55. The van der Waals surface area contributed by atoms with Crippen LogP contribution in [0.15, 0.2) is 41.8 Å². The van der Waals surface area contributed by atoms with E-state index >= 15 is 0 Å². The summed E-state index contributed by atoms with van der Waals surface area (Å²) in [5, 5.41) is 11.9. The molecule has 1 atom stereocenters. The van der Waals surface area contributed by atoms with Crippen LogP contribution in [0.1, 0.15) is 16.0 Å². The lowest BCUT2D eigenvalue weighted by Crippen LogP contribution is -2.34. The summed E-state index contributed by atoms with van der Waals surface area (Å²) in [5.41, 5.74) is -1.01. The molecule has 0 aliphatic carbocycles. The Bertz CT molecular complexity index is 479. The van der Waals surface area contributed by atoms with Gasteiger partial charge in [0.05, 0.1) is 0 Å². The van der Waals surface area contributed by atoms with Crippen molar-refractivity contribution in [1.82, 2.24) is 0 Å². The Morgan fingerprint density at radius 3 is 2.29 bits per heavy atom. The maximum atomic E-state index is 13.2. The molecule has 0 bridgehead atoms. The van der Waals surface area contributed by atoms with E-state index in [-0.39, 0.29) is 10.4 Å². The Labute approximate surface area is 102 Å². The fourth-order valence-electron chi connectivity index (χ4n) is 1.68. The molecule has 1 nitrogen and oxygen atoms in total. The number of benzene rings is 1. The van der Waals surface area contributed by atoms with Crippen molar-refractivity contribution >= 4 is 11.3 Å². The quantitative estimate of drug-likeness (QED) is 0.888. The van der Waals surface area contributed by atoms with Crippen LogP contribution < -0.4 is 0 Å². The van der Waals surface area contributed by atoms with Gasteiger partial charge in [-0.2, -0.15) is 0 Å². The van der Waals surface area contributed by atoms with Gasteiger partial charge in [0.25, 0.3) is 6.43 Å². The monoisotopic (exact) mass is 254 g/mol. The molecule has 0 fully saturated rings. The van der Waals surface area contributed by atoms with E-state index in [1.165, 1.54) is 6.07 Å². The minimum absolute atomic E-state index is 0.223. The van der Waals surface area contributed by atoms with E-state index in [1.807, 2.05) is 6.92 Å². The van der Waals surface area contributed by atoms with Crippen LogP contribution in [0.2, 0.25) is 0 Å². The molecule has 0 amide bonds. The molecule has 0 aliphatic heterocycles. The number of alkyl halides is 2. The second-order valence-corrected chi connectivity index (χ2v) is 4.86. The predicted molar refractivity (Wildman–Crippen MR) is 64.5 cm³/mol. The third-order valence-electron chi connectivity index (χ3n) is 2.70. The molecule has 4 heteroatoms. The van der Waals surface area contributed by atoms with Crippen molar-refractivity contribution in [2.24, 2.45) is 0 Å². The number of halogens is 2. The molecule has 0 radical (unpaired) electrons. The number of rotatable bonds is 3. The third-order valence-corrected chi connectivity index (χ3v) is 3.70. The maximum Gasteiger partial charge on any atom is 0.275 e. The first-order chi connectivity index (χ1) is 8.05. The highest BCUT2D eigenvalue weighted by Gasteiger charge is 2.42. The van der Waals surface area contributed by atoms with Gasteiger partial charge in [0.15, 0.2) is 5.60 Å². The van der Waals surface area contributed by atoms with E-state index < -0.39 is 12.0 Å². The fourth-order valence-corrected chi connectivity index (χ4v) is 2.53. The van der Waals surface area contributed by atoms with E-state index in [0.29, 0.717) is 0 Å². The zero-order chi connectivity index (χ0) is 12.5. The van der Waals surface area contributed by atoms with Crippen LogP contribution in [0.3, 0.4) is 0 Å². The van der Waals surface area contributed by atoms with Crippen molar-refractivity contribution in [2.75, 3.05) is 0 Å². The summed E-state index contributed by atoms with van der Waals surface area (Å²) in [6, 6.07) is 9.70. The van der Waals surface area contributed by atoms with Gasteiger partial charge in [-0.1, -0.05) is 35.9 Å². The predicted octanol–water partition coefficient (Wildman–Crippen LogP) is 3.56. The minimum atomic E-state index is -2.86. The molecule has 0 aliphatic rings. The molecule has 1 N–H and O–H groups in total. The van der Waals surface area contributed by atoms with Crippen molar-refractivity contribution in [1.29, 1.82) is 0 Å². The molecule has 0 saturated heterocycles. The van der Waals surface area contributed by atoms with E-state index in [1.54, 1.807) is 35.7 Å². The summed E-state index contributed by atoms with van der Waals surface area (Å²) < 4.78 is 26.4. The first kappa shape index (κ1) is 12.2. The number of aliphatic hydroxyl groups is 1. The number of hydrogen-bond donors (Lipinski definition) is 1. The van der Waals surface area contributed by atoms with Crippen LogP contribution in [-0.2, 0) is 5.60 Å². The first-order valence-corrected chi connectivity index (χ1v) is 6.04. The maximum absolute atomic E-state index is 13.2. The van der Waals surface area contributed by atoms with Gasteiger partial charge in [-0.3, -0.25) is 0 Å². The van der Waals surface area contributed by atoms with E-state index in [2.05, 4.69) is 0 Å². The summed E-state index contributed by atoms with van der Waals surface area (Å²) in [5.74, 6) is 0. The molecule has 0 saturated carbocycles. The molecular formula is C13H12F2OS. The van der Waals surface area contributed by atoms with Crippen LogP contribution in [0.5, 0.6) is 0 Å². The number of aryl methyl sites for hydroxylation is 1.